The molecule has 0 aliphatic heterocycles. The fourth-order valence-electron chi connectivity index (χ4n) is 0.954. The fraction of sp³-hybridized carbons (Fsp3) is 0.125. The molecule has 0 aromatic carbocycles. The van der Waals surface area contributed by atoms with Crippen LogP contribution >= 0.6 is 15.9 Å². The maximum atomic E-state index is 12.4. The SMILES string of the molecule is N#Cc1cc(Br)nc(C=O)c1C(F)F. The van der Waals surface area contributed by atoms with Gasteiger partial charge in [0.1, 0.15) is 10.3 Å². The standard InChI is InChI=1S/C8H3BrF2N2O/c9-6-1-4(2-12)7(8(10)11)5(3-14)13-6/h1,3,8H. The Bertz CT molecular complexity index is 415. The number of carbonyl (C=O) groups is 1. The first-order valence-corrected chi connectivity index (χ1v) is 4.23. The number of carbonyl (C=O) groups excluding carboxylic acids is 1. The first-order valence-electron chi connectivity index (χ1n) is 3.44. The third-order valence-electron chi connectivity index (χ3n) is 1.51. The largest absolute Gasteiger partial charge is 0.296 e. The molecule has 0 N–H and O–H groups in total. The number of hydrogen-bond acceptors (Lipinski definition) is 3. The van der Waals surface area contributed by atoms with Gasteiger partial charge < -0.3 is 0 Å². The van der Waals surface area contributed by atoms with Crippen LogP contribution in [0.5, 0.6) is 0 Å². The second-order valence-corrected chi connectivity index (χ2v) is 3.13. The lowest BCUT2D eigenvalue weighted by molar-refractivity contribution is 0.110. The quantitative estimate of drug-likeness (QED) is 0.607. The third-order valence-corrected chi connectivity index (χ3v) is 1.91. The topological polar surface area (TPSA) is 53.8 Å². The molecule has 1 aromatic heterocycles. The van der Waals surface area contributed by atoms with Crippen molar-refractivity contribution in [2.24, 2.45) is 0 Å². The van der Waals surface area contributed by atoms with E-state index in [4.69, 9.17) is 5.26 Å². The van der Waals surface area contributed by atoms with Crippen molar-refractivity contribution in [3.8, 4) is 6.07 Å². The molecule has 0 aliphatic carbocycles. The lowest BCUT2D eigenvalue weighted by Crippen LogP contribution is -2.01. The Morgan fingerprint density at radius 2 is 2.29 bits per heavy atom. The normalized spacial score (nSPS) is 9.93. The molecule has 0 saturated heterocycles. The molecule has 1 rings (SSSR count). The summed E-state index contributed by atoms with van der Waals surface area (Å²) in [4.78, 5) is 14.0. The Morgan fingerprint density at radius 3 is 2.71 bits per heavy atom. The van der Waals surface area contributed by atoms with Crippen LogP contribution < -0.4 is 0 Å². The van der Waals surface area contributed by atoms with Gasteiger partial charge in [0.15, 0.2) is 6.29 Å². The highest BCUT2D eigenvalue weighted by Crippen LogP contribution is 2.26. The predicted octanol–water partition coefficient (Wildman–Crippen LogP) is 2.47. The average molecular weight is 261 g/mol. The number of pyridine rings is 1. The maximum absolute atomic E-state index is 12.4. The fourth-order valence-corrected chi connectivity index (χ4v) is 1.37. The minimum absolute atomic E-state index is 0.181. The maximum Gasteiger partial charge on any atom is 0.267 e. The molecule has 6 heteroatoms. The van der Waals surface area contributed by atoms with Crippen molar-refractivity contribution in [2.45, 2.75) is 6.43 Å². The highest BCUT2D eigenvalue weighted by Gasteiger charge is 2.19. The summed E-state index contributed by atoms with van der Waals surface area (Å²) in [6, 6.07) is 2.73. The van der Waals surface area contributed by atoms with Gasteiger partial charge >= 0.3 is 0 Å². The van der Waals surface area contributed by atoms with Crippen molar-refractivity contribution in [3.63, 3.8) is 0 Å². The minimum Gasteiger partial charge on any atom is -0.296 e. The first kappa shape index (κ1) is 10.7. The van der Waals surface area contributed by atoms with Crippen molar-refractivity contribution in [3.05, 3.63) is 27.5 Å². The monoisotopic (exact) mass is 260 g/mol. The Hall–Kier alpha value is -1.35. The summed E-state index contributed by atoms with van der Waals surface area (Å²) in [6.45, 7) is 0. The summed E-state index contributed by atoms with van der Waals surface area (Å²) in [7, 11) is 0. The van der Waals surface area contributed by atoms with Crippen LogP contribution in [0.2, 0.25) is 0 Å². The second-order valence-electron chi connectivity index (χ2n) is 2.32. The van der Waals surface area contributed by atoms with E-state index in [1.165, 1.54) is 0 Å². The number of aromatic nitrogens is 1. The number of alkyl halides is 2. The summed E-state index contributed by atoms with van der Waals surface area (Å²) in [5.74, 6) is 0. The van der Waals surface area contributed by atoms with E-state index < -0.39 is 17.7 Å². The highest BCUT2D eigenvalue weighted by atomic mass is 79.9. The molecule has 0 saturated carbocycles. The van der Waals surface area contributed by atoms with Crippen LogP contribution in [-0.2, 0) is 0 Å². The van der Waals surface area contributed by atoms with Crippen LogP contribution in [0, 0.1) is 11.3 Å². The van der Waals surface area contributed by atoms with E-state index in [-0.39, 0.29) is 16.5 Å². The molecular formula is C8H3BrF2N2O. The molecule has 0 fully saturated rings. The van der Waals surface area contributed by atoms with Crippen molar-refractivity contribution < 1.29 is 13.6 Å². The molecule has 0 radical (unpaired) electrons. The van der Waals surface area contributed by atoms with E-state index in [0.29, 0.717) is 0 Å². The Balaban J connectivity index is 3.50. The lowest BCUT2D eigenvalue weighted by Gasteiger charge is -2.05. The van der Waals surface area contributed by atoms with E-state index in [1.54, 1.807) is 6.07 Å². The summed E-state index contributed by atoms with van der Waals surface area (Å²) in [5, 5.41) is 8.56. The molecule has 72 valence electrons. The van der Waals surface area contributed by atoms with E-state index in [1.807, 2.05) is 0 Å². The molecule has 3 nitrogen and oxygen atoms in total. The van der Waals surface area contributed by atoms with Crippen LogP contribution in [0.4, 0.5) is 8.78 Å². The van der Waals surface area contributed by atoms with Crippen LogP contribution in [0.15, 0.2) is 10.7 Å². The average Bonchev–Trinajstić information content (AvgIpc) is 2.15. The molecule has 0 spiro atoms. The number of aldehydes is 1. The van der Waals surface area contributed by atoms with E-state index in [0.717, 1.165) is 6.07 Å². The summed E-state index contributed by atoms with van der Waals surface area (Å²) in [6.07, 6.45) is -2.68. The number of hydrogen-bond donors (Lipinski definition) is 0. The van der Waals surface area contributed by atoms with E-state index in [2.05, 4.69) is 20.9 Å². The number of rotatable bonds is 2. The molecule has 0 bridgehead atoms. The molecule has 1 heterocycles. The van der Waals surface area contributed by atoms with Gasteiger partial charge in [-0.15, -0.1) is 0 Å². The van der Waals surface area contributed by atoms with Gasteiger partial charge in [-0.2, -0.15) is 5.26 Å². The first-order chi connectivity index (χ1) is 6.60. The lowest BCUT2D eigenvalue weighted by atomic mass is 10.1. The van der Waals surface area contributed by atoms with Gasteiger partial charge in [0.2, 0.25) is 0 Å². The zero-order valence-corrected chi connectivity index (χ0v) is 8.25. The van der Waals surface area contributed by atoms with Gasteiger partial charge in [-0.25, -0.2) is 13.8 Å². The van der Waals surface area contributed by atoms with Gasteiger partial charge in [-0.1, -0.05) is 0 Å². The van der Waals surface area contributed by atoms with Gasteiger partial charge in [0.05, 0.1) is 17.2 Å². The van der Waals surface area contributed by atoms with Crippen molar-refractivity contribution >= 4 is 22.2 Å². The highest BCUT2D eigenvalue weighted by molar-refractivity contribution is 9.10. The van der Waals surface area contributed by atoms with E-state index >= 15 is 0 Å². The Kier molecular flexibility index (Phi) is 3.25. The molecule has 0 amide bonds. The Labute approximate surface area is 86.5 Å². The molecule has 1 aromatic rings. The number of halogens is 3. The summed E-state index contributed by atoms with van der Waals surface area (Å²) in [5.41, 5.74) is -1.28. The predicted molar refractivity (Wildman–Crippen MR) is 47.0 cm³/mol. The molecule has 14 heavy (non-hydrogen) atoms. The second kappa shape index (κ2) is 4.24. The number of nitrogens with zero attached hydrogens (tertiary/aromatic N) is 2. The van der Waals surface area contributed by atoms with Crippen LogP contribution in [-0.4, -0.2) is 11.3 Å². The zero-order chi connectivity index (χ0) is 10.7. The number of nitriles is 1. The van der Waals surface area contributed by atoms with Crippen LogP contribution in [0.3, 0.4) is 0 Å². The Morgan fingerprint density at radius 1 is 1.64 bits per heavy atom. The minimum atomic E-state index is -2.88. The molecular weight excluding hydrogens is 258 g/mol. The molecule has 0 aliphatic rings. The van der Waals surface area contributed by atoms with Gasteiger partial charge in [0.25, 0.3) is 6.43 Å². The van der Waals surface area contributed by atoms with Crippen molar-refractivity contribution in [1.82, 2.24) is 4.98 Å². The van der Waals surface area contributed by atoms with Crippen LogP contribution in [0.1, 0.15) is 28.0 Å². The summed E-state index contributed by atoms with van der Waals surface area (Å²) >= 11 is 2.91. The van der Waals surface area contributed by atoms with E-state index in [9.17, 15) is 13.6 Å². The van der Waals surface area contributed by atoms with Crippen LogP contribution in [0.25, 0.3) is 0 Å². The smallest absolute Gasteiger partial charge is 0.267 e. The van der Waals surface area contributed by atoms with Crippen molar-refractivity contribution in [1.29, 1.82) is 5.26 Å². The summed E-state index contributed by atoms with van der Waals surface area (Å²) < 4.78 is 25.0. The zero-order valence-electron chi connectivity index (χ0n) is 6.67. The third kappa shape index (κ3) is 1.93. The molecule has 0 atom stereocenters. The molecule has 0 unspecified atom stereocenters. The van der Waals surface area contributed by atoms with Gasteiger partial charge in [-0.05, 0) is 22.0 Å². The van der Waals surface area contributed by atoms with Gasteiger partial charge in [-0.3, -0.25) is 4.79 Å². The van der Waals surface area contributed by atoms with Crippen molar-refractivity contribution in [2.75, 3.05) is 0 Å². The van der Waals surface area contributed by atoms with Gasteiger partial charge in [0, 0.05) is 0 Å².